The molecular formula is C24H27O9S+. The van der Waals surface area contributed by atoms with Gasteiger partial charge in [-0.3, -0.25) is 0 Å². The number of fused-ring (bicyclic) bond motifs is 1. The zero-order valence-electron chi connectivity index (χ0n) is 19.6. The standard InChI is InChI=1S/C24H26O9S/c1-28-15-7-8-16-17(13-15)33-24(27)22(20(16)25)34(5)10-6-9-32-23(26)14-11-18(29-2)21(31-4)19(12-14)30-3/h7-8,11-13H,6,9-10H2,1-5H3/p+1. The largest absolute Gasteiger partial charge is 0.503 e. The normalized spacial score (nSPS) is 11.7. The van der Waals surface area contributed by atoms with Crippen LogP contribution >= 0.6 is 0 Å². The average molecular weight is 492 g/mol. The smallest absolute Gasteiger partial charge is 0.396 e. The van der Waals surface area contributed by atoms with E-state index >= 15 is 0 Å². The van der Waals surface area contributed by atoms with Gasteiger partial charge in [-0.25, -0.2) is 9.59 Å². The van der Waals surface area contributed by atoms with E-state index in [2.05, 4.69) is 0 Å². The number of hydrogen-bond acceptors (Lipinski definition) is 9. The molecule has 1 N–H and O–H groups in total. The Kier molecular flexibility index (Phi) is 8.17. The molecule has 0 aliphatic carbocycles. The number of methoxy groups -OCH3 is 4. The Bertz CT molecular complexity index is 1210. The van der Waals surface area contributed by atoms with Crippen molar-refractivity contribution in [2.45, 2.75) is 11.3 Å². The lowest BCUT2D eigenvalue weighted by Crippen LogP contribution is -2.18. The highest BCUT2D eigenvalue weighted by molar-refractivity contribution is 7.96. The van der Waals surface area contributed by atoms with E-state index in [0.717, 1.165) is 0 Å². The quantitative estimate of drug-likeness (QED) is 0.197. The maximum absolute atomic E-state index is 12.5. The van der Waals surface area contributed by atoms with E-state index in [1.54, 1.807) is 18.2 Å². The maximum atomic E-state index is 12.5. The summed E-state index contributed by atoms with van der Waals surface area (Å²) in [6, 6.07) is 7.91. The van der Waals surface area contributed by atoms with Gasteiger partial charge in [-0.15, -0.1) is 0 Å². The van der Waals surface area contributed by atoms with Gasteiger partial charge in [-0.05, 0) is 24.3 Å². The Hall–Kier alpha value is -3.53. The number of hydrogen-bond donors (Lipinski definition) is 1. The molecule has 182 valence electrons. The van der Waals surface area contributed by atoms with Crippen LogP contribution in [0.4, 0.5) is 0 Å². The molecule has 3 rings (SSSR count). The highest BCUT2D eigenvalue weighted by Crippen LogP contribution is 2.38. The highest BCUT2D eigenvalue weighted by atomic mass is 32.2. The summed E-state index contributed by atoms with van der Waals surface area (Å²) in [6.45, 7) is 0.129. The molecule has 0 bridgehead atoms. The molecule has 0 aliphatic heterocycles. The van der Waals surface area contributed by atoms with Crippen LogP contribution in [0.25, 0.3) is 11.0 Å². The van der Waals surface area contributed by atoms with E-state index < -0.39 is 22.5 Å². The minimum Gasteiger partial charge on any atom is -0.503 e. The molecule has 10 heteroatoms. The zero-order chi connectivity index (χ0) is 24.8. The second-order valence-electron chi connectivity index (χ2n) is 7.17. The number of esters is 1. The van der Waals surface area contributed by atoms with Gasteiger partial charge in [-0.2, -0.15) is 0 Å². The minimum absolute atomic E-state index is 0.103. The van der Waals surface area contributed by atoms with Crippen LogP contribution in [0.1, 0.15) is 16.8 Å². The number of carbonyl (C=O) groups is 1. The van der Waals surface area contributed by atoms with Crippen LogP contribution in [0, 0.1) is 0 Å². The van der Waals surface area contributed by atoms with Gasteiger partial charge in [0.15, 0.2) is 17.2 Å². The molecule has 0 aliphatic rings. The van der Waals surface area contributed by atoms with Crippen molar-refractivity contribution in [3.8, 4) is 28.7 Å². The summed E-state index contributed by atoms with van der Waals surface area (Å²) in [5, 5.41) is 11.1. The van der Waals surface area contributed by atoms with Gasteiger partial charge in [0.05, 0.1) is 46.0 Å². The Morgan fingerprint density at radius 1 is 1.00 bits per heavy atom. The Morgan fingerprint density at radius 3 is 2.26 bits per heavy atom. The van der Waals surface area contributed by atoms with Gasteiger partial charge < -0.3 is 33.2 Å². The van der Waals surface area contributed by atoms with Gasteiger partial charge in [-0.1, -0.05) is 0 Å². The van der Waals surface area contributed by atoms with Crippen molar-refractivity contribution in [2.24, 2.45) is 0 Å². The fourth-order valence-electron chi connectivity index (χ4n) is 3.41. The predicted molar refractivity (Wildman–Crippen MR) is 128 cm³/mol. The fourth-order valence-corrected chi connectivity index (χ4v) is 4.93. The molecule has 1 heterocycles. The molecule has 1 aromatic heterocycles. The Morgan fingerprint density at radius 2 is 1.68 bits per heavy atom. The number of carbonyl (C=O) groups excluding carboxylic acids is 1. The van der Waals surface area contributed by atoms with Crippen LogP contribution in [-0.2, 0) is 15.6 Å². The van der Waals surface area contributed by atoms with Gasteiger partial charge in [0.25, 0.3) is 4.90 Å². The lowest BCUT2D eigenvalue weighted by Gasteiger charge is -2.13. The molecule has 2 aromatic carbocycles. The van der Waals surface area contributed by atoms with Crippen LogP contribution < -0.4 is 24.6 Å². The third-order valence-corrected chi connectivity index (χ3v) is 7.08. The van der Waals surface area contributed by atoms with Gasteiger partial charge in [0.1, 0.15) is 23.3 Å². The molecule has 9 nitrogen and oxygen atoms in total. The van der Waals surface area contributed by atoms with Gasteiger partial charge >= 0.3 is 11.6 Å². The SMILES string of the molecule is COc1ccc2c(O)c([S+](C)CCCOC(=O)c3cc(OC)c(OC)c(OC)c3)c(=O)oc2c1. The summed E-state index contributed by atoms with van der Waals surface area (Å²) in [4.78, 5) is 25.2. The molecule has 34 heavy (non-hydrogen) atoms. The van der Waals surface area contributed by atoms with E-state index in [0.29, 0.717) is 40.6 Å². The summed E-state index contributed by atoms with van der Waals surface area (Å²) in [5.41, 5.74) is -0.0892. The molecular weight excluding hydrogens is 464 g/mol. The van der Waals surface area contributed by atoms with Crippen molar-refractivity contribution in [1.29, 1.82) is 0 Å². The van der Waals surface area contributed by atoms with Crippen molar-refractivity contribution in [1.82, 2.24) is 0 Å². The van der Waals surface area contributed by atoms with Gasteiger partial charge in [0, 0.05) is 23.4 Å². The zero-order valence-corrected chi connectivity index (χ0v) is 20.4. The van der Waals surface area contributed by atoms with Crippen LogP contribution in [0.2, 0.25) is 0 Å². The first-order valence-electron chi connectivity index (χ1n) is 10.3. The first-order chi connectivity index (χ1) is 16.3. The second-order valence-corrected chi connectivity index (χ2v) is 9.26. The van der Waals surface area contributed by atoms with E-state index in [4.69, 9.17) is 28.1 Å². The van der Waals surface area contributed by atoms with Crippen LogP contribution in [0.15, 0.2) is 44.4 Å². The summed E-state index contributed by atoms with van der Waals surface area (Å²) >= 11 is 0. The molecule has 1 atom stereocenters. The van der Waals surface area contributed by atoms with Crippen molar-refractivity contribution in [3.63, 3.8) is 0 Å². The lowest BCUT2D eigenvalue weighted by atomic mass is 10.2. The van der Waals surface area contributed by atoms with Crippen LogP contribution in [-0.4, -0.2) is 58.1 Å². The van der Waals surface area contributed by atoms with Crippen molar-refractivity contribution >= 4 is 27.8 Å². The van der Waals surface area contributed by atoms with Crippen molar-refractivity contribution in [3.05, 3.63) is 46.3 Å². The molecule has 0 saturated carbocycles. The lowest BCUT2D eigenvalue weighted by molar-refractivity contribution is 0.0505. The van der Waals surface area contributed by atoms with Gasteiger partial charge in [0.2, 0.25) is 5.75 Å². The van der Waals surface area contributed by atoms with E-state index in [9.17, 15) is 14.7 Å². The van der Waals surface area contributed by atoms with Crippen molar-refractivity contribution in [2.75, 3.05) is 47.1 Å². The van der Waals surface area contributed by atoms with Crippen molar-refractivity contribution < 1.29 is 38.0 Å². The minimum atomic E-state index is -0.629. The second kappa shape index (κ2) is 11.1. The first kappa shape index (κ1) is 25.1. The van der Waals surface area contributed by atoms with Crippen LogP contribution in [0.3, 0.4) is 0 Å². The third kappa shape index (κ3) is 5.17. The Balaban J connectivity index is 1.66. The number of ether oxygens (including phenoxy) is 5. The molecule has 0 fully saturated rings. The first-order valence-corrected chi connectivity index (χ1v) is 12.1. The number of aromatic hydroxyl groups is 1. The summed E-state index contributed by atoms with van der Waals surface area (Å²) in [6.07, 6.45) is 2.32. The maximum Gasteiger partial charge on any atom is 0.396 e. The molecule has 0 radical (unpaired) electrons. The number of benzene rings is 2. The Labute approximate surface area is 199 Å². The topological polar surface area (TPSA) is 114 Å². The highest BCUT2D eigenvalue weighted by Gasteiger charge is 2.28. The summed E-state index contributed by atoms with van der Waals surface area (Å²) in [5.74, 6) is 1.46. The summed E-state index contributed by atoms with van der Waals surface area (Å²) in [7, 11) is 5.28. The monoisotopic (exact) mass is 491 g/mol. The van der Waals surface area contributed by atoms with E-state index in [-0.39, 0.29) is 28.4 Å². The number of rotatable bonds is 10. The fraction of sp³-hybridized carbons (Fsp3) is 0.333. The molecule has 1 unspecified atom stereocenters. The predicted octanol–water partition coefficient (Wildman–Crippen LogP) is 3.39. The van der Waals surface area contributed by atoms with E-state index in [1.165, 1.54) is 40.6 Å². The third-order valence-electron chi connectivity index (χ3n) is 5.12. The molecule has 3 aromatic rings. The molecule has 0 spiro atoms. The molecule has 0 amide bonds. The van der Waals surface area contributed by atoms with Crippen LogP contribution in [0.5, 0.6) is 28.7 Å². The van der Waals surface area contributed by atoms with E-state index in [1.807, 2.05) is 6.26 Å². The summed E-state index contributed by atoms with van der Waals surface area (Å²) < 4.78 is 31.7. The average Bonchev–Trinajstić information content (AvgIpc) is 2.84. The molecule has 0 saturated heterocycles.